The first-order valence-electron chi connectivity index (χ1n) is 9.04. The van der Waals surface area contributed by atoms with Crippen molar-refractivity contribution in [1.29, 1.82) is 0 Å². The van der Waals surface area contributed by atoms with E-state index in [1.807, 2.05) is 24.4 Å². The lowest BCUT2D eigenvalue weighted by atomic mass is 10.00. The Balaban J connectivity index is 1.95. The summed E-state index contributed by atoms with van der Waals surface area (Å²) in [5.74, 6) is 0.418. The van der Waals surface area contributed by atoms with Crippen LogP contribution in [-0.4, -0.2) is 11.8 Å². The zero-order valence-corrected chi connectivity index (χ0v) is 16.7. The predicted molar refractivity (Wildman–Crippen MR) is 107 cm³/mol. The van der Waals surface area contributed by atoms with Crippen molar-refractivity contribution in [3.05, 3.63) is 57.8 Å². The van der Waals surface area contributed by atoms with E-state index in [4.69, 9.17) is 0 Å². The molecular weight excluding hydrogens is 344 g/mol. The molecule has 1 aromatic heterocycles. The van der Waals surface area contributed by atoms with Gasteiger partial charge in [-0.05, 0) is 41.8 Å². The molecule has 0 aliphatic rings. The quantitative estimate of drug-likeness (QED) is 0.722. The van der Waals surface area contributed by atoms with Gasteiger partial charge in [0.25, 0.3) is 0 Å². The lowest BCUT2D eigenvalue weighted by Crippen LogP contribution is -2.33. The second-order valence-electron chi connectivity index (χ2n) is 7.10. The summed E-state index contributed by atoms with van der Waals surface area (Å²) >= 11 is 1.54. The van der Waals surface area contributed by atoms with Gasteiger partial charge in [0, 0.05) is 11.8 Å². The Hall–Kier alpha value is -2.14. The van der Waals surface area contributed by atoms with Crippen LogP contribution in [0.2, 0.25) is 0 Å². The first-order valence-corrected chi connectivity index (χ1v) is 9.91. The lowest BCUT2D eigenvalue weighted by molar-refractivity contribution is -0.123. The van der Waals surface area contributed by atoms with Crippen molar-refractivity contribution < 1.29 is 9.59 Å². The number of carbonyl (C=O) groups excluding carboxylic acids is 2. The molecule has 2 rings (SSSR count). The zero-order chi connectivity index (χ0) is 19.1. The van der Waals surface area contributed by atoms with E-state index < -0.39 is 0 Å². The third-order valence-electron chi connectivity index (χ3n) is 4.15. The predicted octanol–water partition coefficient (Wildman–Crippen LogP) is 4.39. The van der Waals surface area contributed by atoms with E-state index in [1.165, 1.54) is 12.5 Å². The lowest BCUT2D eigenvalue weighted by Gasteiger charge is -2.19. The van der Waals surface area contributed by atoms with Gasteiger partial charge < -0.3 is 10.6 Å². The Morgan fingerprint density at radius 2 is 1.73 bits per heavy atom. The van der Waals surface area contributed by atoms with Gasteiger partial charge in [-0.2, -0.15) is 0 Å². The van der Waals surface area contributed by atoms with Crippen LogP contribution in [0.25, 0.3) is 0 Å². The van der Waals surface area contributed by atoms with Gasteiger partial charge in [0.2, 0.25) is 11.8 Å². The molecule has 0 bridgehead atoms. The average molecular weight is 373 g/mol. The van der Waals surface area contributed by atoms with Crippen molar-refractivity contribution in [3.8, 4) is 0 Å². The molecule has 0 aliphatic heterocycles. The molecule has 26 heavy (non-hydrogen) atoms. The van der Waals surface area contributed by atoms with E-state index in [1.54, 1.807) is 11.3 Å². The summed E-state index contributed by atoms with van der Waals surface area (Å²) in [5, 5.41) is 7.85. The summed E-state index contributed by atoms with van der Waals surface area (Å²) in [4.78, 5) is 24.9. The van der Waals surface area contributed by atoms with Crippen LogP contribution < -0.4 is 10.6 Å². The van der Waals surface area contributed by atoms with Crippen LogP contribution in [0.4, 0.5) is 0 Å². The summed E-state index contributed by atoms with van der Waals surface area (Å²) in [6, 6.07) is 11.9. The standard InChI is InChI=1S/C21H28N2O2S/c1-14(2)12-17-7-9-18(10-8-17)15(3)22-21(25)13-19(23-16(4)24)20-6-5-11-26-20/h5-11,14-15,19H,12-13H2,1-4H3,(H,22,25)(H,23,24). The Morgan fingerprint density at radius 3 is 2.27 bits per heavy atom. The number of amides is 2. The summed E-state index contributed by atoms with van der Waals surface area (Å²) in [7, 11) is 0. The van der Waals surface area contributed by atoms with Crippen molar-refractivity contribution in [3.63, 3.8) is 0 Å². The number of hydrogen-bond acceptors (Lipinski definition) is 3. The number of thiophene rings is 1. The fourth-order valence-electron chi connectivity index (χ4n) is 2.94. The van der Waals surface area contributed by atoms with E-state index in [0.717, 1.165) is 16.9 Å². The molecule has 2 aromatic rings. The maximum Gasteiger partial charge on any atom is 0.222 e. The fourth-order valence-corrected chi connectivity index (χ4v) is 3.72. The first-order chi connectivity index (χ1) is 12.3. The molecule has 0 aliphatic carbocycles. The topological polar surface area (TPSA) is 58.2 Å². The molecule has 2 N–H and O–H groups in total. The Kier molecular flexibility index (Phi) is 7.39. The van der Waals surface area contributed by atoms with Crippen LogP contribution in [0.1, 0.15) is 62.2 Å². The average Bonchev–Trinajstić information content (AvgIpc) is 3.08. The van der Waals surface area contributed by atoms with E-state index in [-0.39, 0.29) is 30.3 Å². The second kappa shape index (κ2) is 9.53. The highest BCUT2D eigenvalue weighted by atomic mass is 32.1. The van der Waals surface area contributed by atoms with Crippen LogP contribution in [0.5, 0.6) is 0 Å². The van der Waals surface area contributed by atoms with Crippen LogP contribution in [0, 0.1) is 5.92 Å². The highest BCUT2D eigenvalue weighted by molar-refractivity contribution is 7.10. The molecule has 1 heterocycles. The smallest absolute Gasteiger partial charge is 0.222 e. The van der Waals surface area contributed by atoms with Gasteiger partial charge in [-0.25, -0.2) is 0 Å². The summed E-state index contributed by atoms with van der Waals surface area (Å²) in [6.45, 7) is 7.86. The Labute approximate surface area is 160 Å². The first kappa shape index (κ1) is 20.2. The number of hydrogen-bond donors (Lipinski definition) is 2. The molecule has 0 saturated heterocycles. The third-order valence-corrected chi connectivity index (χ3v) is 5.14. The maximum absolute atomic E-state index is 12.5. The third kappa shape index (κ3) is 6.30. The molecular formula is C21H28N2O2S. The normalized spacial score (nSPS) is 13.3. The largest absolute Gasteiger partial charge is 0.350 e. The minimum absolute atomic E-state index is 0.0723. The van der Waals surface area contributed by atoms with Crippen LogP contribution in [0.15, 0.2) is 41.8 Å². The van der Waals surface area contributed by atoms with Gasteiger partial charge in [0.05, 0.1) is 18.5 Å². The zero-order valence-electron chi connectivity index (χ0n) is 15.9. The minimum Gasteiger partial charge on any atom is -0.350 e. The molecule has 1 aromatic carbocycles. The monoisotopic (exact) mass is 372 g/mol. The number of rotatable bonds is 8. The van der Waals surface area contributed by atoms with Gasteiger partial charge in [-0.15, -0.1) is 11.3 Å². The molecule has 5 heteroatoms. The fraction of sp³-hybridized carbons (Fsp3) is 0.429. The van der Waals surface area contributed by atoms with Crippen molar-refractivity contribution in [2.24, 2.45) is 5.92 Å². The SMILES string of the molecule is CC(=O)NC(CC(=O)NC(C)c1ccc(CC(C)C)cc1)c1cccs1. The van der Waals surface area contributed by atoms with Gasteiger partial charge in [0.15, 0.2) is 0 Å². The number of nitrogens with one attached hydrogen (secondary N) is 2. The molecule has 0 saturated carbocycles. The van der Waals surface area contributed by atoms with Crippen molar-refractivity contribution in [1.82, 2.24) is 10.6 Å². The van der Waals surface area contributed by atoms with E-state index >= 15 is 0 Å². The van der Waals surface area contributed by atoms with Crippen molar-refractivity contribution >= 4 is 23.2 Å². The highest BCUT2D eigenvalue weighted by Crippen LogP contribution is 2.23. The van der Waals surface area contributed by atoms with Crippen LogP contribution >= 0.6 is 11.3 Å². The number of benzene rings is 1. The van der Waals surface area contributed by atoms with E-state index in [9.17, 15) is 9.59 Å². The molecule has 0 fully saturated rings. The molecule has 2 amide bonds. The molecule has 140 valence electrons. The summed E-state index contributed by atoms with van der Waals surface area (Å²) in [5.41, 5.74) is 2.39. The molecule has 2 unspecified atom stereocenters. The second-order valence-corrected chi connectivity index (χ2v) is 8.08. The van der Waals surface area contributed by atoms with Crippen LogP contribution in [-0.2, 0) is 16.0 Å². The van der Waals surface area contributed by atoms with Crippen LogP contribution in [0.3, 0.4) is 0 Å². The van der Waals surface area contributed by atoms with Gasteiger partial charge in [0.1, 0.15) is 0 Å². The van der Waals surface area contributed by atoms with Gasteiger partial charge in [-0.1, -0.05) is 44.2 Å². The number of carbonyl (C=O) groups is 2. The van der Waals surface area contributed by atoms with Crippen molar-refractivity contribution in [2.75, 3.05) is 0 Å². The Bertz CT molecular complexity index is 708. The maximum atomic E-state index is 12.5. The van der Waals surface area contributed by atoms with Crippen molar-refractivity contribution in [2.45, 2.75) is 52.6 Å². The molecule has 4 nitrogen and oxygen atoms in total. The summed E-state index contributed by atoms with van der Waals surface area (Å²) < 4.78 is 0. The summed E-state index contributed by atoms with van der Waals surface area (Å²) in [6.07, 6.45) is 1.29. The molecule has 0 spiro atoms. The molecule has 0 radical (unpaired) electrons. The highest BCUT2D eigenvalue weighted by Gasteiger charge is 2.19. The van der Waals surface area contributed by atoms with E-state index in [0.29, 0.717) is 5.92 Å². The van der Waals surface area contributed by atoms with Gasteiger partial charge in [-0.3, -0.25) is 9.59 Å². The molecule has 2 atom stereocenters. The Morgan fingerprint density at radius 1 is 1.04 bits per heavy atom. The van der Waals surface area contributed by atoms with Gasteiger partial charge >= 0.3 is 0 Å². The van der Waals surface area contributed by atoms with E-state index in [2.05, 4.69) is 48.7 Å². The minimum atomic E-state index is -0.284.